The van der Waals surface area contributed by atoms with E-state index in [4.69, 9.17) is 15.2 Å². The Morgan fingerprint density at radius 3 is 2.31 bits per heavy atom. The van der Waals surface area contributed by atoms with Gasteiger partial charge in [0.1, 0.15) is 35.8 Å². The summed E-state index contributed by atoms with van der Waals surface area (Å²) in [5.41, 5.74) is 6.46. The highest BCUT2D eigenvalue weighted by molar-refractivity contribution is 6.11. The highest BCUT2D eigenvalue weighted by atomic mass is 16.6. The van der Waals surface area contributed by atoms with E-state index < -0.39 is 59.4 Å². The number of ether oxygens (including phenoxy) is 2. The number of rotatable bonds is 8. The Bertz CT molecular complexity index is 2060. The number of benzene rings is 4. The summed E-state index contributed by atoms with van der Waals surface area (Å²) in [7, 11) is 0. The molecule has 7 rings (SSSR count). The van der Waals surface area contributed by atoms with E-state index in [-0.39, 0.29) is 19.8 Å². The molecule has 3 amide bonds. The van der Waals surface area contributed by atoms with Crippen molar-refractivity contribution in [3.05, 3.63) is 131 Å². The van der Waals surface area contributed by atoms with Gasteiger partial charge in [-0.25, -0.2) is 4.79 Å². The molecule has 12 nitrogen and oxygen atoms in total. The van der Waals surface area contributed by atoms with Crippen molar-refractivity contribution in [3.8, 4) is 17.6 Å². The molecule has 4 aromatic rings. The molecular weight excluding hydrogens is 652 g/mol. The van der Waals surface area contributed by atoms with Gasteiger partial charge in [-0.1, -0.05) is 84.6 Å². The average Bonchev–Trinajstić information content (AvgIpc) is 3.62. The number of aliphatic carboxylic acids is 1. The van der Waals surface area contributed by atoms with Crippen LogP contribution in [0.5, 0.6) is 5.75 Å². The predicted octanol–water partition coefficient (Wildman–Crippen LogP) is 3.43. The number of carbonyl (C=O) groups excluding carboxylic acids is 3. The van der Waals surface area contributed by atoms with Gasteiger partial charge in [-0.15, -0.1) is 0 Å². The van der Waals surface area contributed by atoms with E-state index >= 15 is 0 Å². The number of nitrogens with one attached hydrogen (secondary N) is 2. The Labute approximate surface area is 293 Å². The van der Waals surface area contributed by atoms with E-state index in [1.165, 1.54) is 0 Å². The van der Waals surface area contributed by atoms with Crippen LogP contribution in [0.2, 0.25) is 0 Å². The van der Waals surface area contributed by atoms with Gasteiger partial charge in [0.2, 0.25) is 5.91 Å². The maximum Gasteiger partial charge on any atom is 0.325 e. The summed E-state index contributed by atoms with van der Waals surface area (Å²) >= 11 is 0. The third kappa shape index (κ3) is 5.72. The van der Waals surface area contributed by atoms with Crippen LogP contribution in [-0.2, 0) is 24.5 Å². The summed E-state index contributed by atoms with van der Waals surface area (Å²) < 4.78 is 12.0. The van der Waals surface area contributed by atoms with Gasteiger partial charge in [0, 0.05) is 11.3 Å². The van der Waals surface area contributed by atoms with Crippen LogP contribution in [0.4, 0.5) is 10.5 Å². The van der Waals surface area contributed by atoms with Crippen LogP contribution in [-0.4, -0.2) is 64.8 Å². The number of carboxylic acids is 1. The van der Waals surface area contributed by atoms with Gasteiger partial charge in [-0.3, -0.25) is 19.3 Å². The molecule has 3 aliphatic rings. The lowest BCUT2D eigenvalue weighted by Crippen LogP contribution is -2.52. The molecule has 0 aliphatic carbocycles. The van der Waals surface area contributed by atoms with E-state index in [0.717, 1.165) is 5.56 Å². The van der Waals surface area contributed by atoms with Crippen LogP contribution in [0.25, 0.3) is 0 Å². The van der Waals surface area contributed by atoms with Crippen LogP contribution < -0.4 is 21.1 Å². The third-order valence-corrected chi connectivity index (χ3v) is 9.69. The molecule has 0 unspecified atom stereocenters. The summed E-state index contributed by atoms with van der Waals surface area (Å²) in [5, 5.41) is 26.0. The van der Waals surface area contributed by atoms with Crippen molar-refractivity contribution in [3.63, 3.8) is 0 Å². The van der Waals surface area contributed by atoms with Crippen LogP contribution in [0.1, 0.15) is 46.0 Å². The van der Waals surface area contributed by atoms with E-state index in [9.17, 15) is 29.4 Å². The number of hydrogen-bond acceptors (Lipinski definition) is 8. The molecule has 12 heteroatoms. The first-order valence-electron chi connectivity index (χ1n) is 16.4. The summed E-state index contributed by atoms with van der Waals surface area (Å²) in [5.74, 6) is 1.84. The smallest absolute Gasteiger partial charge is 0.325 e. The van der Waals surface area contributed by atoms with Gasteiger partial charge in [0.15, 0.2) is 0 Å². The number of carbonyl (C=O) groups is 4. The van der Waals surface area contributed by atoms with Gasteiger partial charge in [0.05, 0.1) is 25.2 Å². The zero-order valence-corrected chi connectivity index (χ0v) is 27.2. The number of nitrogens with zero attached hydrogens (tertiary/aromatic N) is 1. The number of fused-ring (bicyclic) bond motifs is 3. The number of nitrogens with two attached hydrogens (primary N) is 1. The number of aliphatic hydroxyl groups is 1. The number of anilines is 1. The lowest BCUT2D eigenvalue weighted by atomic mass is 9.65. The zero-order valence-electron chi connectivity index (χ0n) is 27.2. The van der Waals surface area contributed by atoms with Crippen molar-refractivity contribution in [1.29, 1.82) is 0 Å². The van der Waals surface area contributed by atoms with Gasteiger partial charge in [-0.05, 0) is 52.6 Å². The first-order chi connectivity index (χ1) is 24.7. The number of urea groups is 1. The fourth-order valence-electron chi connectivity index (χ4n) is 7.87. The normalized spacial score (nSPS) is 24.8. The minimum atomic E-state index is -1.87. The molecule has 6 N–H and O–H groups in total. The van der Waals surface area contributed by atoms with Crippen LogP contribution in [0, 0.1) is 17.8 Å². The van der Waals surface area contributed by atoms with Gasteiger partial charge in [-0.2, -0.15) is 0 Å². The van der Waals surface area contributed by atoms with E-state index in [1.54, 1.807) is 42.5 Å². The molecular formula is C39H34N4O8. The summed E-state index contributed by atoms with van der Waals surface area (Å²) in [6.45, 7) is -0.256. The third-order valence-electron chi connectivity index (χ3n) is 9.69. The van der Waals surface area contributed by atoms with Crippen LogP contribution in [0.15, 0.2) is 103 Å². The number of amides is 3. The van der Waals surface area contributed by atoms with Crippen molar-refractivity contribution in [2.45, 2.75) is 29.6 Å². The predicted molar refractivity (Wildman–Crippen MR) is 184 cm³/mol. The molecule has 6 atom stereocenters. The molecule has 0 saturated carbocycles. The summed E-state index contributed by atoms with van der Waals surface area (Å²) in [6, 6.07) is 26.6. The minimum absolute atomic E-state index is 0.00829. The number of hydrogen-bond donors (Lipinski definition) is 5. The first-order valence-corrected chi connectivity index (χ1v) is 16.4. The molecule has 3 heterocycles. The number of primary amides is 1. The van der Waals surface area contributed by atoms with Crippen molar-refractivity contribution in [1.82, 2.24) is 10.2 Å². The lowest BCUT2D eigenvalue weighted by molar-refractivity contribution is -0.179. The minimum Gasteiger partial charge on any atom is -0.491 e. The van der Waals surface area contributed by atoms with Gasteiger partial charge >= 0.3 is 18.0 Å². The van der Waals surface area contributed by atoms with Crippen LogP contribution >= 0.6 is 0 Å². The zero-order chi connectivity index (χ0) is 35.7. The van der Waals surface area contributed by atoms with E-state index in [1.807, 2.05) is 65.6 Å². The fraction of sp³-hybridized carbons (Fsp3) is 0.231. The molecule has 1 spiro atoms. The number of morpholine rings is 1. The quantitative estimate of drug-likeness (QED) is 0.137. The summed E-state index contributed by atoms with van der Waals surface area (Å²) in [4.78, 5) is 55.9. The maximum atomic E-state index is 14.8. The van der Waals surface area contributed by atoms with Gasteiger partial charge in [0.25, 0.3) is 0 Å². The average molecular weight is 687 g/mol. The number of aliphatic hydroxyl groups excluding tert-OH is 1. The largest absolute Gasteiger partial charge is 0.491 e. The topological polar surface area (TPSA) is 181 Å². The lowest BCUT2D eigenvalue weighted by Gasteiger charge is -2.46. The second kappa shape index (κ2) is 13.6. The Kier molecular flexibility index (Phi) is 8.91. The highest BCUT2D eigenvalue weighted by Gasteiger charge is 2.74. The van der Waals surface area contributed by atoms with Gasteiger partial charge < -0.3 is 36.1 Å². The molecule has 51 heavy (non-hydrogen) atoms. The standard InChI is InChI=1S/C39H34N4O8/c40-38(49)41-18-8-9-23-16-17-29-28(21-23)39(37(48)42-29)30(35(45)46)32-36(47)51-33(25-12-5-2-6-13-25)31(24-10-3-1-4-11-24)43(32)34(39)26-14-7-15-27(22-26)50-20-19-44/h1-7,10-17,21-22,30-34,44H,18-20H2,(H,42,48)(H,45,46)(H3,40,41,49)/t30-,31-,32-,33+,34+,39-/m0/s1. The highest BCUT2D eigenvalue weighted by Crippen LogP contribution is 2.64. The maximum absolute atomic E-state index is 14.8. The van der Waals surface area contributed by atoms with Crippen molar-refractivity contribution in [2.24, 2.45) is 11.7 Å². The first kappa shape index (κ1) is 33.3. The Morgan fingerprint density at radius 2 is 1.63 bits per heavy atom. The SMILES string of the molecule is NC(=O)NCC#Cc1ccc2c(c1)[C@]1(C(=O)N2)[C@H](C(=O)O)[C@H]2C(=O)O[C@H](c3ccccc3)[C@H](c3ccccc3)N2[C@@H]1c1cccc(OCCO)c1. The molecule has 3 aliphatic heterocycles. The molecule has 4 aromatic carbocycles. The molecule has 258 valence electrons. The number of esters is 1. The molecule has 2 fully saturated rings. The van der Waals surface area contributed by atoms with E-state index in [0.29, 0.717) is 33.7 Å². The Morgan fingerprint density at radius 1 is 0.922 bits per heavy atom. The van der Waals surface area contributed by atoms with Crippen molar-refractivity contribution < 1.29 is 38.9 Å². The Hall–Kier alpha value is -6.16. The second-order valence-electron chi connectivity index (χ2n) is 12.5. The van der Waals surface area contributed by atoms with Crippen molar-refractivity contribution in [2.75, 3.05) is 25.1 Å². The Balaban J connectivity index is 1.51. The van der Waals surface area contributed by atoms with Crippen LogP contribution in [0.3, 0.4) is 0 Å². The van der Waals surface area contributed by atoms with E-state index in [2.05, 4.69) is 22.5 Å². The number of cyclic esters (lactones) is 1. The summed E-state index contributed by atoms with van der Waals surface area (Å²) in [6.07, 6.45) is -0.864. The number of carboxylic acid groups (broad SMARTS) is 1. The molecule has 0 radical (unpaired) electrons. The second-order valence-corrected chi connectivity index (χ2v) is 12.5. The fourth-order valence-corrected chi connectivity index (χ4v) is 7.87. The van der Waals surface area contributed by atoms with Crippen molar-refractivity contribution >= 4 is 29.6 Å². The molecule has 0 aromatic heterocycles. The molecule has 0 bridgehead atoms. The monoisotopic (exact) mass is 686 g/mol. The molecule has 2 saturated heterocycles.